The number of hydrogen-bond donors (Lipinski definition) is 2. The lowest BCUT2D eigenvalue weighted by atomic mass is 9.82. The highest BCUT2D eigenvalue weighted by atomic mass is 15.3. The first-order valence-corrected chi connectivity index (χ1v) is 9.93. The van der Waals surface area contributed by atoms with Crippen LogP contribution in [0, 0.1) is 11.3 Å². The van der Waals surface area contributed by atoms with Crippen LogP contribution in [0.15, 0.2) is 67.9 Å². The van der Waals surface area contributed by atoms with Crippen LogP contribution < -0.4 is 10.6 Å². The number of nitrogens with two attached hydrogens (primary N) is 1. The second kappa shape index (κ2) is 7.97. The van der Waals surface area contributed by atoms with Gasteiger partial charge in [0, 0.05) is 30.4 Å². The topological polar surface area (TPSA) is 94.6 Å². The van der Waals surface area contributed by atoms with Crippen molar-refractivity contribution in [3.05, 3.63) is 84.7 Å². The van der Waals surface area contributed by atoms with E-state index < -0.39 is 0 Å². The van der Waals surface area contributed by atoms with Gasteiger partial charge in [-0.15, -0.1) is 0 Å². The number of allylic oxidation sites excluding steroid dienone is 4. The van der Waals surface area contributed by atoms with Gasteiger partial charge < -0.3 is 15.6 Å². The molecule has 3 N–H and O–H groups in total. The highest BCUT2D eigenvalue weighted by Crippen LogP contribution is 2.33. The molecule has 1 saturated heterocycles. The lowest BCUT2D eigenvalue weighted by molar-refractivity contribution is 0.340. The van der Waals surface area contributed by atoms with Gasteiger partial charge in [-0.25, -0.2) is 4.98 Å². The third kappa shape index (κ3) is 3.51. The predicted octanol–water partition coefficient (Wildman–Crippen LogP) is 4.04. The minimum absolute atomic E-state index is 0.340. The number of hydrogen-bond acceptors (Lipinski definition) is 5. The lowest BCUT2D eigenvalue weighted by Gasteiger charge is -2.39. The van der Waals surface area contributed by atoms with Crippen LogP contribution >= 0.6 is 0 Å². The fourth-order valence-electron chi connectivity index (χ4n) is 3.94. The fourth-order valence-corrected chi connectivity index (χ4v) is 3.94. The molecule has 3 aromatic rings. The summed E-state index contributed by atoms with van der Waals surface area (Å²) < 4.78 is 0. The predicted molar refractivity (Wildman–Crippen MR) is 121 cm³/mol. The van der Waals surface area contributed by atoms with Crippen LogP contribution in [-0.2, 0) is 5.54 Å². The standard InChI is InChI=1S/C24H24N6/c1-3-4-8-17(2)19-16-27-22-21(19)20(15-25)28-23(29-22)30-13-11-24(26,12-14-30)18-9-6-5-7-10-18/h3-10,16H,1-2,11-14,26H2,(H,27,28,29)/b8-4-. The average molecular weight is 396 g/mol. The zero-order chi connectivity index (χ0) is 21.1. The Morgan fingerprint density at radius 2 is 1.97 bits per heavy atom. The molecule has 1 aromatic carbocycles. The molecule has 150 valence electrons. The third-order valence-corrected chi connectivity index (χ3v) is 5.69. The van der Waals surface area contributed by atoms with Crippen LogP contribution in [0.25, 0.3) is 16.6 Å². The van der Waals surface area contributed by atoms with Gasteiger partial charge in [0.15, 0.2) is 5.69 Å². The molecule has 0 amide bonds. The molecular formula is C24H24N6. The van der Waals surface area contributed by atoms with E-state index in [4.69, 9.17) is 10.7 Å². The maximum Gasteiger partial charge on any atom is 0.228 e. The van der Waals surface area contributed by atoms with E-state index in [0.29, 0.717) is 22.7 Å². The molecule has 3 heterocycles. The molecule has 4 rings (SSSR count). The van der Waals surface area contributed by atoms with Crippen molar-refractivity contribution in [3.63, 3.8) is 0 Å². The van der Waals surface area contributed by atoms with E-state index in [1.165, 1.54) is 0 Å². The molecular weight excluding hydrogens is 372 g/mol. The first-order valence-electron chi connectivity index (χ1n) is 9.93. The Morgan fingerprint density at radius 3 is 2.63 bits per heavy atom. The summed E-state index contributed by atoms with van der Waals surface area (Å²) in [6.45, 7) is 9.20. The minimum Gasteiger partial charge on any atom is -0.345 e. The highest BCUT2D eigenvalue weighted by Gasteiger charge is 2.33. The summed E-state index contributed by atoms with van der Waals surface area (Å²) >= 11 is 0. The Kier molecular flexibility index (Phi) is 5.21. The van der Waals surface area contributed by atoms with Gasteiger partial charge in [0.2, 0.25) is 5.95 Å². The van der Waals surface area contributed by atoms with Crippen LogP contribution in [0.3, 0.4) is 0 Å². The number of fused-ring (bicyclic) bond motifs is 1. The van der Waals surface area contributed by atoms with Gasteiger partial charge in [0.05, 0.1) is 5.39 Å². The third-order valence-electron chi connectivity index (χ3n) is 5.69. The molecule has 6 heteroatoms. The molecule has 1 fully saturated rings. The van der Waals surface area contributed by atoms with Gasteiger partial charge >= 0.3 is 0 Å². The summed E-state index contributed by atoms with van der Waals surface area (Å²) in [6, 6.07) is 12.4. The number of aromatic amines is 1. The highest BCUT2D eigenvalue weighted by molar-refractivity contribution is 5.96. The van der Waals surface area contributed by atoms with Crippen LogP contribution in [0.2, 0.25) is 0 Å². The van der Waals surface area contributed by atoms with Crippen molar-refractivity contribution in [2.75, 3.05) is 18.0 Å². The maximum absolute atomic E-state index is 9.73. The van der Waals surface area contributed by atoms with Gasteiger partial charge in [-0.1, -0.05) is 61.7 Å². The van der Waals surface area contributed by atoms with Crippen molar-refractivity contribution in [2.24, 2.45) is 5.73 Å². The van der Waals surface area contributed by atoms with Crippen molar-refractivity contribution in [2.45, 2.75) is 18.4 Å². The maximum atomic E-state index is 9.73. The number of nitriles is 1. The van der Waals surface area contributed by atoms with Crippen molar-refractivity contribution >= 4 is 22.6 Å². The number of nitrogens with zero attached hydrogens (tertiary/aromatic N) is 4. The van der Waals surface area contributed by atoms with Crippen LogP contribution in [0.5, 0.6) is 0 Å². The first-order chi connectivity index (χ1) is 14.6. The molecule has 6 nitrogen and oxygen atoms in total. The van der Waals surface area contributed by atoms with Gasteiger partial charge in [-0.05, 0) is 24.0 Å². The second-order valence-electron chi connectivity index (χ2n) is 7.54. The Balaban J connectivity index is 1.62. The summed E-state index contributed by atoms with van der Waals surface area (Å²) in [6.07, 6.45) is 8.74. The second-order valence-corrected chi connectivity index (χ2v) is 7.54. The number of H-pyrrole nitrogens is 1. The number of rotatable bonds is 5. The Hall–Kier alpha value is -3.69. The quantitative estimate of drug-likeness (QED) is 0.635. The van der Waals surface area contributed by atoms with E-state index in [0.717, 1.165) is 42.6 Å². The number of aromatic nitrogens is 3. The van der Waals surface area contributed by atoms with E-state index in [9.17, 15) is 5.26 Å². The number of benzene rings is 1. The van der Waals surface area contributed by atoms with Crippen LogP contribution in [0.4, 0.5) is 5.95 Å². The van der Waals surface area contributed by atoms with Crippen molar-refractivity contribution in [1.29, 1.82) is 5.26 Å². The van der Waals surface area contributed by atoms with E-state index in [1.807, 2.05) is 36.5 Å². The molecule has 30 heavy (non-hydrogen) atoms. The Morgan fingerprint density at radius 1 is 1.23 bits per heavy atom. The molecule has 0 spiro atoms. The fraction of sp³-hybridized carbons (Fsp3) is 0.208. The largest absolute Gasteiger partial charge is 0.345 e. The zero-order valence-electron chi connectivity index (χ0n) is 16.8. The zero-order valence-corrected chi connectivity index (χ0v) is 16.8. The number of anilines is 1. The normalized spacial score (nSPS) is 15.9. The Bertz CT molecular complexity index is 1160. The van der Waals surface area contributed by atoms with E-state index in [2.05, 4.69) is 46.2 Å². The Labute approximate surface area is 176 Å². The lowest BCUT2D eigenvalue weighted by Crippen LogP contribution is -2.48. The molecule has 1 aliphatic heterocycles. The molecule has 0 saturated carbocycles. The summed E-state index contributed by atoms with van der Waals surface area (Å²) in [7, 11) is 0. The van der Waals surface area contributed by atoms with Crippen molar-refractivity contribution in [1.82, 2.24) is 15.0 Å². The van der Waals surface area contributed by atoms with Crippen molar-refractivity contribution < 1.29 is 0 Å². The summed E-state index contributed by atoms with van der Waals surface area (Å²) in [4.78, 5) is 14.5. The molecule has 0 unspecified atom stereocenters. The van der Waals surface area contributed by atoms with Crippen LogP contribution in [0.1, 0.15) is 29.7 Å². The number of nitrogens with one attached hydrogen (secondary N) is 1. The van der Waals surface area contributed by atoms with Crippen LogP contribution in [-0.4, -0.2) is 28.0 Å². The molecule has 2 aromatic heterocycles. The van der Waals surface area contributed by atoms with Crippen molar-refractivity contribution in [3.8, 4) is 6.07 Å². The summed E-state index contributed by atoms with van der Waals surface area (Å²) in [5.41, 5.74) is 10.0. The van der Waals surface area contributed by atoms with Gasteiger partial charge in [-0.2, -0.15) is 10.2 Å². The van der Waals surface area contributed by atoms with Gasteiger partial charge in [-0.3, -0.25) is 0 Å². The summed E-state index contributed by atoms with van der Waals surface area (Å²) in [5, 5.41) is 10.4. The average Bonchev–Trinajstić information content (AvgIpc) is 3.22. The molecule has 0 radical (unpaired) electrons. The minimum atomic E-state index is -0.352. The molecule has 0 bridgehead atoms. The van der Waals surface area contributed by atoms with Gasteiger partial charge in [0.1, 0.15) is 11.7 Å². The van der Waals surface area contributed by atoms with E-state index >= 15 is 0 Å². The van der Waals surface area contributed by atoms with E-state index in [-0.39, 0.29) is 5.54 Å². The van der Waals surface area contributed by atoms with E-state index in [1.54, 1.807) is 6.08 Å². The monoisotopic (exact) mass is 396 g/mol. The van der Waals surface area contributed by atoms with Gasteiger partial charge in [0.25, 0.3) is 0 Å². The molecule has 0 aliphatic carbocycles. The summed E-state index contributed by atoms with van der Waals surface area (Å²) in [5.74, 6) is 0.551. The smallest absolute Gasteiger partial charge is 0.228 e. The molecule has 0 atom stereocenters. The number of piperidine rings is 1. The SMILES string of the molecule is C=C/C=C\C(=C)c1c[nH]c2nc(N3CCC(N)(c4ccccc4)CC3)nc(C#N)c12. The molecule has 1 aliphatic rings. The first kappa shape index (κ1) is 19.6.